The molecule has 0 aliphatic carbocycles. The van der Waals surface area contributed by atoms with Crippen molar-refractivity contribution >= 4 is 11.6 Å². The summed E-state index contributed by atoms with van der Waals surface area (Å²) in [5.74, 6) is 2.71. The second kappa shape index (κ2) is 6.10. The fourth-order valence-electron chi connectivity index (χ4n) is 1.82. The molecule has 1 aromatic carbocycles. The topological polar surface area (TPSA) is 82.3 Å². The maximum absolute atomic E-state index is 5.75. The van der Waals surface area contributed by atoms with Gasteiger partial charge in [0.25, 0.3) is 0 Å². The van der Waals surface area contributed by atoms with Crippen LogP contribution in [0.4, 0.5) is 11.6 Å². The average Bonchev–Trinajstić information content (AvgIpc) is 2.48. The van der Waals surface area contributed by atoms with E-state index in [0.717, 1.165) is 28.4 Å². The molecule has 3 N–H and O–H groups in total. The third-order valence-corrected chi connectivity index (χ3v) is 3.06. The molecule has 2 aromatic rings. The predicted molar refractivity (Wildman–Crippen MR) is 78.1 cm³/mol. The molecule has 106 valence electrons. The smallest absolute Gasteiger partial charge is 0.134 e. The van der Waals surface area contributed by atoms with Gasteiger partial charge in [0.05, 0.1) is 14.2 Å². The molecular weight excluding hydrogens is 256 g/mol. The Hall–Kier alpha value is -2.50. The number of nitrogen functional groups attached to an aromatic ring is 1. The third-order valence-electron chi connectivity index (χ3n) is 3.06. The largest absolute Gasteiger partial charge is 0.497 e. The molecule has 0 unspecified atom stereocenters. The van der Waals surface area contributed by atoms with Crippen molar-refractivity contribution in [2.75, 3.05) is 25.3 Å². The van der Waals surface area contributed by atoms with E-state index >= 15 is 0 Å². The number of hydrogen-bond acceptors (Lipinski definition) is 6. The number of ether oxygens (including phenoxy) is 2. The lowest BCUT2D eigenvalue weighted by Gasteiger charge is -2.13. The van der Waals surface area contributed by atoms with Crippen LogP contribution in [0.5, 0.6) is 11.5 Å². The van der Waals surface area contributed by atoms with E-state index < -0.39 is 0 Å². The van der Waals surface area contributed by atoms with Crippen LogP contribution in [0.15, 0.2) is 24.5 Å². The summed E-state index contributed by atoms with van der Waals surface area (Å²) >= 11 is 0. The molecule has 0 atom stereocenters. The van der Waals surface area contributed by atoms with Crippen LogP contribution in [0.25, 0.3) is 0 Å². The molecule has 20 heavy (non-hydrogen) atoms. The van der Waals surface area contributed by atoms with Crippen molar-refractivity contribution in [3.8, 4) is 11.5 Å². The van der Waals surface area contributed by atoms with Gasteiger partial charge in [-0.25, -0.2) is 9.97 Å². The van der Waals surface area contributed by atoms with Gasteiger partial charge < -0.3 is 20.5 Å². The summed E-state index contributed by atoms with van der Waals surface area (Å²) in [6.07, 6.45) is 1.44. The van der Waals surface area contributed by atoms with Crippen molar-refractivity contribution in [3.05, 3.63) is 35.7 Å². The van der Waals surface area contributed by atoms with Gasteiger partial charge in [0.2, 0.25) is 0 Å². The first-order chi connectivity index (χ1) is 9.65. The third kappa shape index (κ3) is 2.90. The van der Waals surface area contributed by atoms with Crippen LogP contribution in [0.1, 0.15) is 11.1 Å². The fraction of sp³-hybridized carbons (Fsp3) is 0.286. The molecule has 0 aliphatic rings. The molecule has 6 heteroatoms. The van der Waals surface area contributed by atoms with E-state index in [4.69, 9.17) is 15.2 Å². The summed E-state index contributed by atoms with van der Waals surface area (Å²) in [4.78, 5) is 8.11. The Morgan fingerprint density at radius 1 is 1.20 bits per heavy atom. The van der Waals surface area contributed by atoms with Gasteiger partial charge in [0.1, 0.15) is 29.5 Å². The first-order valence-corrected chi connectivity index (χ1v) is 6.17. The number of benzene rings is 1. The molecule has 1 heterocycles. The van der Waals surface area contributed by atoms with Gasteiger partial charge in [0.15, 0.2) is 0 Å². The van der Waals surface area contributed by atoms with Gasteiger partial charge >= 0.3 is 0 Å². The lowest BCUT2D eigenvalue weighted by atomic mass is 10.2. The van der Waals surface area contributed by atoms with Crippen LogP contribution < -0.4 is 20.5 Å². The molecule has 1 aromatic heterocycles. The zero-order valence-corrected chi connectivity index (χ0v) is 11.8. The van der Waals surface area contributed by atoms with E-state index in [9.17, 15) is 0 Å². The Bertz CT molecular complexity index is 602. The lowest BCUT2D eigenvalue weighted by Crippen LogP contribution is -2.07. The van der Waals surface area contributed by atoms with Gasteiger partial charge in [-0.05, 0) is 19.1 Å². The zero-order valence-electron chi connectivity index (χ0n) is 11.8. The second-order valence-corrected chi connectivity index (χ2v) is 4.26. The predicted octanol–water partition coefficient (Wildman–Crippen LogP) is 2.00. The maximum atomic E-state index is 5.75. The van der Waals surface area contributed by atoms with Crippen molar-refractivity contribution < 1.29 is 9.47 Å². The van der Waals surface area contributed by atoms with Crippen LogP contribution in [0.2, 0.25) is 0 Å². The summed E-state index contributed by atoms with van der Waals surface area (Å²) in [7, 11) is 3.26. The summed E-state index contributed by atoms with van der Waals surface area (Å²) in [6, 6.07) is 5.68. The number of nitrogens with two attached hydrogens (primary N) is 1. The van der Waals surface area contributed by atoms with Crippen molar-refractivity contribution in [1.29, 1.82) is 0 Å². The SMILES string of the molecule is COc1ccc(CNc2ncnc(N)c2C)c(OC)c1. The lowest BCUT2D eigenvalue weighted by molar-refractivity contribution is 0.391. The number of methoxy groups -OCH3 is 2. The normalized spacial score (nSPS) is 10.2. The van der Waals surface area contributed by atoms with Crippen molar-refractivity contribution in [3.63, 3.8) is 0 Å². The molecule has 0 saturated carbocycles. The van der Waals surface area contributed by atoms with Gasteiger partial charge in [-0.1, -0.05) is 0 Å². The highest BCUT2D eigenvalue weighted by Gasteiger charge is 2.07. The highest BCUT2D eigenvalue weighted by atomic mass is 16.5. The minimum atomic E-state index is 0.476. The summed E-state index contributed by atoms with van der Waals surface area (Å²) in [5.41, 5.74) is 7.59. The molecule has 0 radical (unpaired) electrons. The van der Waals surface area contributed by atoms with Crippen molar-refractivity contribution in [1.82, 2.24) is 9.97 Å². The summed E-state index contributed by atoms with van der Waals surface area (Å²) in [6.45, 7) is 2.45. The van der Waals surface area contributed by atoms with E-state index in [1.807, 2.05) is 25.1 Å². The Morgan fingerprint density at radius 2 is 2.00 bits per heavy atom. The van der Waals surface area contributed by atoms with Crippen LogP contribution in [0.3, 0.4) is 0 Å². The maximum Gasteiger partial charge on any atom is 0.134 e. The molecule has 0 saturated heterocycles. The van der Waals surface area contributed by atoms with Crippen molar-refractivity contribution in [2.24, 2.45) is 0 Å². The molecular formula is C14H18N4O2. The average molecular weight is 274 g/mol. The van der Waals surface area contributed by atoms with Gasteiger partial charge in [-0.2, -0.15) is 0 Å². The molecule has 0 fully saturated rings. The molecule has 6 nitrogen and oxygen atoms in total. The number of anilines is 2. The number of nitrogens with one attached hydrogen (secondary N) is 1. The standard InChI is InChI=1S/C14H18N4O2/c1-9-13(15)17-8-18-14(9)16-7-10-4-5-11(19-2)6-12(10)20-3/h4-6,8H,7H2,1-3H3,(H3,15,16,17,18). The van der Waals surface area contributed by atoms with Gasteiger partial charge in [-0.15, -0.1) is 0 Å². The zero-order chi connectivity index (χ0) is 14.5. The first kappa shape index (κ1) is 13.9. The highest BCUT2D eigenvalue weighted by molar-refractivity contribution is 5.54. The molecule has 0 bridgehead atoms. The van der Waals surface area contributed by atoms with Crippen LogP contribution in [-0.2, 0) is 6.54 Å². The number of hydrogen-bond donors (Lipinski definition) is 2. The monoisotopic (exact) mass is 274 g/mol. The molecule has 0 aliphatic heterocycles. The van der Waals surface area contributed by atoms with E-state index in [2.05, 4.69) is 15.3 Å². The van der Waals surface area contributed by atoms with E-state index in [0.29, 0.717) is 12.4 Å². The molecule has 2 rings (SSSR count). The van der Waals surface area contributed by atoms with Gasteiger partial charge in [-0.3, -0.25) is 0 Å². The first-order valence-electron chi connectivity index (χ1n) is 6.17. The molecule has 0 spiro atoms. The fourth-order valence-corrected chi connectivity index (χ4v) is 1.82. The summed E-state index contributed by atoms with van der Waals surface area (Å²) in [5, 5.41) is 3.23. The van der Waals surface area contributed by atoms with E-state index in [-0.39, 0.29) is 0 Å². The highest BCUT2D eigenvalue weighted by Crippen LogP contribution is 2.25. The number of rotatable bonds is 5. The minimum absolute atomic E-state index is 0.476. The Kier molecular flexibility index (Phi) is 4.24. The van der Waals surface area contributed by atoms with Crippen molar-refractivity contribution in [2.45, 2.75) is 13.5 Å². The Labute approximate surface area is 118 Å². The Balaban J connectivity index is 2.16. The van der Waals surface area contributed by atoms with E-state index in [1.165, 1.54) is 6.33 Å². The quantitative estimate of drug-likeness (QED) is 0.867. The minimum Gasteiger partial charge on any atom is -0.497 e. The van der Waals surface area contributed by atoms with Crippen LogP contribution >= 0.6 is 0 Å². The number of nitrogens with zero attached hydrogens (tertiary/aromatic N) is 2. The number of aromatic nitrogens is 2. The molecule has 0 amide bonds. The van der Waals surface area contributed by atoms with Crippen LogP contribution in [-0.4, -0.2) is 24.2 Å². The van der Waals surface area contributed by atoms with Crippen LogP contribution in [0, 0.1) is 6.92 Å². The second-order valence-electron chi connectivity index (χ2n) is 4.26. The summed E-state index contributed by atoms with van der Waals surface area (Å²) < 4.78 is 10.5. The Morgan fingerprint density at radius 3 is 2.70 bits per heavy atom. The van der Waals surface area contributed by atoms with E-state index in [1.54, 1.807) is 14.2 Å². The van der Waals surface area contributed by atoms with Gasteiger partial charge in [0, 0.05) is 23.7 Å².